The van der Waals surface area contributed by atoms with Crippen molar-refractivity contribution >= 4 is 26.5 Å². The first-order chi connectivity index (χ1) is 13.3. The Morgan fingerprint density at radius 3 is 2.32 bits per heavy atom. The highest BCUT2D eigenvalue weighted by Crippen LogP contribution is 2.33. The van der Waals surface area contributed by atoms with E-state index in [9.17, 15) is 8.42 Å². The Morgan fingerprint density at radius 2 is 1.68 bits per heavy atom. The Morgan fingerprint density at radius 1 is 1.00 bits per heavy atom. The number of rotatable bonds is 3. The van der Waals surface area contributed by atoms with Crippen molar-refractivity contribution in [3.05, 3.63) is 70.9 Å². The second kappa shape index (κ2) is 6.90. The third-order valence-electron chi connectivity index (χ3n) is 5.62. The molecule has 0 saturated carbocycles. The van der Waals surface area contributed by atoms with E-state index in [1.165, 1.54) is 22.0 Å². The van der Waals surface area contributed by atoms with Crippen LogP contribution in [0.2, 0.25) is 0 Å². The quantitative estimate of drug-likeness (QED) is 0.652. The lowest BCUT2D eigenvalue weighted by Gasteiger charge is -2.27. The maximum absolute atomic E-state index is 13.3. The summed E-state index contributed by atoms with van der Waals surface area (Å²) in [4.78, 5) is 0.458. The fourth-order valence-corrected chi connectivity index (χ4v) is 6.21. The molecule has 0 saturated heterocycles. The zero-order chi connectivity index (χ0) is 20.1. The number of hydrogen-bond donors (Lipinski definition) is 0. The number of sulfonamides is 1. The number of nitrogens with zero attached hydrogens (tertiary/aromatic N) is 2. The molecular weight excluding hydrogens is 368 g/mol. The van der Waals surface area contributed by atoms with E-state index < -0.39 is 10.0 Å². The van der Waals surface area contributed by atoms with E-state index in [1.54, 1.807) is 4.31 Å². The maximum Gasteiger partial charge on any atom is 0.243 e. The maximum atomic E-state index is 13.3. The highest BCUT2D eigenvalue weighted by molar-refractivity contribution is 7.89. The molecule has 0 N–H and O–H groups in total. The van der Waals surface area contributed by atoms with Crippen LogP contribution in [0.3, 0.4) is 0 Å². The largest absolute Gasteiger partial charge is 0.350 e. The Hall–Kier alpha value is -2.37. The predicted molar refractivity (Wildman–Crippen MR) is 115 cm³/mol. The number of aromatic nitrogens is 1. The minimum Gasteiger partial charge on any atom is -0.350 e. The molecule has 0 bridgehead atoms. The van der Waals surface area contributed by atoms with Crippen molar-refractivity contribution in [3.8, 4) is 0 Å². The van der Waals surface area contributed by atoms with Crippen molar-refractivity contribution in [2.75, 3.05) is 13.1 Å². The lowest BCUT2D eigenvalue weighted by Crippen LogP contribution is -2.35. The summed E-state index contributed by atoms with van der Waals surface area (Å²) in [5, 5.41) is 1.22. The van der Waals surface area contributed by atoms with Crippen molar-refractivity contribution in [2.24, 2.45) is 7.05 Å². The van der Waals surface area contributed by atoms with Gasteiger partial charge in [0.05, 0.1) is 4.90 Å². The molecule has 0 spiro atoms. The summed E-state index contributed by atoms with van der Waals surface area (Å²) in [7, 11) is -1.45. The summed E-state index contributed by atoms with van der Waals surface area (Å²) in [6.07, 6.45) is 4.94. The van der Waals surface area contributed by atoms with Crippen LogP contribution in [-0.2, 0) is 17.1 Å². The molecule has 2 heterocycles. The molecule has 4 rings (SSSR count). The highest BCUT2D eigenvalue weighted by Gasteiger charge is 2.29. The number of para-hydroxylation sites is 1. The first-order valence-electron chi connectivity index (χ1n) is 9.60. The second-order valence-corrected chi connectivity index (χ2v) is 9.62. The standard InChI is InChI=1S/C23H26N2O2S/c1-16-13-17(2)23(18(3)14-16)28(26,27)25-11-9-19(10-12-25)21-15-24(4)22-8-6-5-7-20(21)22/h5-9,13-15H,10-12H2,1-4H3. The molecule has 1 aromatic heterocycles. The summed E-state index contributed by atoms with van der Waals surface area (Å²) in [5.41, 5.74) is 6.35. The molecule has 5 heteroatoms. The average molecular weight is 395 g/mol. The zero-order valence-electron chi connectivity index (χ0n) is 16.9. The summed E-state index contributed by atoms with van der Waals surface area (Å²) in [6.45, 7) is 6.68. The van der Waals surface area contributed by atoms with Gasteiger partial charge in [-0.25, -0.2) is 8.42 Å². The minimum atomic E-state index is -3.50. The van der Waals surface area contributed by atoms with E-state index >= 15 is 0 Å². The lowest BCUT2D eigenvalue weighted by molar-refractivity contribution is 0.440. The topological polar surface area (TPSA) is 42.3 Å². The monoisotopic (exact) mass is 394 g/mol. The summed E-state index contributed by atoms with van der Waals surface area (Å²) in [5.74, 6) is 0. The van der Waals surface area contributed by atoms with Crippen LogP contribution < -0.4 is 0 Å². The number of hydrogen-bond acceptors (Lipinski definition) is 2. The lowest BCUT2D eigenvalue weighted by atomic mass is 10.00. The van der Waals surface area contributed by atoms with Crippen LogP contribution in [-0.4, -0.2) is 30.4 Å². The van der Waals surface area contributed by atoms with Crippen LogP contribution in [0, 0.1) is 20.8 Å². The van der Waals surface area contributed by atoms with Gasteiger partial charge in [-0.3, -0.25) is 0 Å². The van der Waals surface area contributed by atoms with Crippen molar-refractivity contribution in [3.63, 3.8) is 0 Å². The van der Waals surface area contributed by atoms with E-state index in [4.69, 9.17) is 0 Å². The molecule has 0 atom stereocenters. The number of fused-ring (bicyclic) bond motifs is 1. The van der Waals surface area contributed by atoms with Gasteiger partial charge in [-0.15, -0.1) is 0 Å². The smallest absolute Gasteiger partial charge is 0.243 e. The first-order valence-corrected chi connectivity index (χ1v) is 11.0. The minimum absolute atomic E-state index is 0.410. The molecule has 2 aromatic carbocycles. The fourth-order valence-electron chi connectivity index (χ4n) is 4.41. The Bertz CT molecular complexity index is 1180. The number of benzene rings is 2. The van der Waals surface area contributed by atoms with Gasteiger partial charge in [0.25, 0.3) is 0 Å². The van der Waals surface area contributed by atoms with E-state index in [1.807, 2.05) is 39.0 Å². The van der Waals surface area contributed by atoms with Gasteiger partial charge in [0.15, 0.2) is 0 Å². The van der Waals surface area contributed by atoms with Gasteiger partial charge in [0, 0.05) is 42.8 Å². The molecule has 0 aliphatic carbocycles. The molecule has 0 fully saturated rings. The summed E-state index contributed by atoms with van der Waals surface area (Å²) < 4.78 is 30.3. The first kappa shape index (κ1) is 19.0. The van der Waals surface area contributed by atoms with Crippen LogP contribution in [0.5, 0.6) is 0 Å². The van der Waals surface area contributed by atoms with Gasteiger partial charge < -0.3 is 4.57 Å². The van der Waals surface area contributed by atoms with Gasteiger partial charge in [-0.2, -0.15) is 4.31 Å². The normalized spacial score (nSPS) is 15.8. The molecule has 28 heavy (non-hydrogen) atoms. The molecule has 146 valence electrons. The van der Waals surface area contributed by atoms with Crippen molar-refractivity contribution in [1.29, 1.82) is 0 Å². The van der Waals surface area contributed by atoms with E-state index in [2.05, 4.69) is 42.1 Å². The molecule has 3 aromatic rings. The average Bonchev–Trinajstić information content (AvgIpc) is 2.98. The van der Waals surface area contributed by atoms with E-state index in [-0.39, 0.29) is 0 Å². The second-order valence-electron chi connectivity index (χ2n) is 7.74. The highest BCUT2D eigenvalue weighted by atomic mass is 32.2. The number of aryl methyl sites for hydroxylation is 4. The molecule has 0 amide bonds. The molecule has 1 aliphatic rings. The third kappa shape index (κ3) is 3.09. The summed E-state index contributed by atoms with van der Waals surface area (Å²) >= 11 is 0. The van der Waals surface area contributed by atoms with E-state index in [0.717, 1.165) is 23.1 Å². The Balaban J connectivity index is 1.67. The summed E-state index contributed by atoms with van der Waals surface area (Å²) in [6, 6.07) is 12.2. The fraction of sp³-hybridized carbons (Fsp3) is 0.304. The van der Waals surface area contributed by atoms with E-state index in [0.29, 0.717) is 18.0 Å². The van der Waals surface area contributed by atoms with Crippen molar-refractivity contribution < 1.29 is 8.42 Å². The van der Waals surface area contributed by atoms with Crippen LogP contribution in [0.25, 0.3) is 16.5 Å². The van der Waals surface area contributed by atoms with Crippen molar-refractivity contribution in [1.82, 2.24) is 8.87 Å². The Labute approximate surface area is 167 Å². The van der Waals surface area contributed by atoms with Crippen LogP contribution in [0.1, 0.15) is 28.7 Å². The van der Waals surface area contributed by atoms with Crippen LogP contribution in [0.15, 0.2) is 53.6 Å². The van der Waals surface area contributed by atoms with Crippen molar-refractivity contribution in [2.45, 2.75) is 32.1 Å². The molecule has 4 nitrogen and oxygen atoms in total. The SMILES string of the molecule is Cc1cc(C)c(S(=O)(=O)N2CC=C(c3cn(C)c4ccccc34)CC2)c(C)c1. The van der Waals surface area contributed by atoms with Crippen LogP contribution in [0.4, 0.5) is 0 Å². The molecule has 1 aliphatic heterocycles. The van der Waals surface area contributed by atoms with Gasteiger partial charge in [0.1, 0.15) is 0 Å². The van der Waals surface area contributed by atoms with Crippen LogP contribution >= 0.6 is 0 Å². The third-order valence-corrected chi connectivity index (χ3v) is 7.79. The predicted octanol–water partition coefficient (Wildman–Crippen LogP) is 4.58. The Kier molecular flexibility index (Phi) is 4.68. The molecular formula is C23H26N2O2S. The van der Waals surface area contributed by atoms with Gasteiger partial charge >= 0.3 is 0 Å². The molecule has 0 unspecified atom stereocenters. The van der Waals surface area contributed by atoms with Gasteiger partial charge in [-0.05, 0) is 50.0 Å². The zero-order valence-corrected chi connectivity index (χ0v) is 17.7. The van der Waals surface area contributed by atoms with Gasteiger partial charge in [-0.1, -0.05) is 42.0 Å². The molecule has 0 radical (unpaired) electrons. The van der Waals surface area contributed by atoms with Gasteiger partial charge in [0.2, 0.25) is 10.0 Å².